The monoisotopic (exact) mass is 283 g/mol. The maximum Gasteiger partial charge on any atom is 0.188 e. The van der Waals surface area contributed by atoms with E-state index in [1.807, 2.05) is 0 Å². The van der Waals surface area contributed by atoms with Crippen molar-refractivity contribution in [1.29, 1.82) is 0 Å². The summed E-state index contributed by atoms with van der Waals surface area (Å²) >= 11 is 1.77. The summed E-state index contributed by atoms with van der Waals surface area (Å²) < 4.78 is 5.48. The summed E-state index contributed by atoms with van der Waals surface area (Å²) in [5.74, 6) is 1.12. The fourth-order valence-electron chi connectivity index (χ4n) is 1.51. The molecule has 1 aromatic heterocycles. The van der Waals surface area contributed by atoms with Crippen molar-refractivity contribution >= 4 is 17.3 Å². The highest BCUT2D eigenvalue weighted by Crippen LogP contribution is 2.07. The van der Waals surface area contributed by atoms with Crippen LogP contribution in [0.2, 0.25) is 0 Å². The molecule has 1 aromatic rings. The van der Waals surface area contributed by atoms with Crippen molar-refractivity contribution < 1.29 is 4.74 Å². The van der Waals surface area contributed by atoms with E-state index in [1.165, 1.54) is 4.88 Å². The van der Waals surface area contributed by atoms with Crippen LogP contribution < -0.4 is 11.1 Å². The molecule has 0 amide bonds. The summed E-state index contributed by atoms with van der Waals surface area (Å²) in [6.45, 7) is 7.42. The van der Waals surface area contributed by atoms with Gasteiger partial charge in [-0.25, -0.2) is 0 Å². The third-order valence-corrected chi connectivity index (χ3v) is 3.37. The van der Waals surface area contributed by atoms with Crippen LogP contribution in [-0.4, -0.2) is 32.3 Å². The molecule has 3 N–H and O–H groups in total. The average Bonchev–Trinajstić information content (AvgIpc) is 2.86. The Bertz CT molecular complexity index is 350. The highest BCUT2D eigenvalue weighted by Gasteiger charge is 1.96. The van der Waals surface area contributed by atoms with E-state index in [2.05, 4.69) is 41.7 Å². The van der Waals surface area contributed by atoms with Gasteiger partial charge in [-0.3, -0.25) is 4.99 Å². The van der Waals surface area contributed by atoms with Gasteiger partial charge in [0.05, 0.1) is 0 Å². The molecule has 4 nitrogen and oxygen atoms in total. The number of thiophene rings is 1. The van der Waals surface area contributed by atoms with E-state index < -0.39 is 0 Å². The van der Waals surface area contributed by atoms with Gasteiger partial charge in [-0.05, 0) is 30.2 Å². The SMILES string of the molecule is CC(C)COCCCN=C(N)NCCc1cccs1. The lowest BCUT2D eigenvalue weighted by Crippen LogP contribution is -2.33. The first-order chi connectivity index (χ1) is 9.18. The van der Waals surface area contributed by atoms with Crippen LogP contribution in [0.5, 0.6) is 0 Å². The number of nitrogens with one attached hydrogen (secondary N) is 1. The maximum absolute atomic E-state index is 5.78. The molecule has 0 bridgehead atoms. The Morgan fingerprint density at radius 2 is 2.37 bits per heavy atom. The fraction of sp³-hybridized carbons (Fsp3) is 0.643. The van der Waals surface area contributed by atoms with Crippen LogP contribution >= 0.6 is 11.3 Å². The van der Waals surface area contributed by atoms with Gasteiger partial charge in [0.1, 0.15) is 0 Å². The zero-order valence-electron chi connectivity index (χ0n) is 11.9. The van der Waals surface area contributed by atoms with Gasteiger partial charge in [-0.1, -0.05) is 19.9 Å². The first-order valence-electron chi connectivity index (χ1n) is 6.82. The van der Waals surface area contributed by atoms with E-state index in [1.54, 1.807) is 11.3 Å². The lowest BCUT2D eigenvalue weighted by Gasteiger charge is -2.06. The smallest absolute Gasteiger partial charge is 0.188 e. The number of nitrogens with two attached hydrogens (primary N) is 1. The van der Waals surface area contributed by atoms with Crippen LogP contribution in [0.15, 0.2) is 22.5 Å². The van der Waals surface area contributed by atoms with Crippen molar-refractivity contribution in [3.8, 4) is 0 Å². The first kappa shape index (κ1) is 16.0. The zero-order valence-corrected chi connectivity index (χ0v) is 12.7. The van der Waals surface area contributed by atoms with Gasteiger partial charge in [0.15, 0.2) is 5.96 Å². The molecule has 5 heteroatoms. The van der Waals surface area contributed by atoms with Crippen LogP contribution in [0.4, 0.5) is 0 Å². The number of aliphatic imine (C=N–C) groups is 1. The van der Waals surface area contributed by atoms with Crippen molar-refractivity contribution in [3.63, 3.8) is 0 Å². The van der Waals surface area contributed by atoms with Crippen LogP contribution in [-0.2, 0) is 11.2 Å². The Labute approximate surface area is 120 Å². The van der Waals surface area contributed by atoms with Gasteiger partial charge in [-0.2, -0.15) is 0 Å². The number of guanidine groups is 1. The third kappa shape index (κ3) is 8.61. The quantitative estimate of drug-likeness (QED) is 0.415. The predicted octanol–water partition coefficient (Wildman–Crippen LogP) is 2.26. The molecule has 0 aliphatic heterocycles. The van der Waals surface area contributed by atoms with Crippen molar-refractivity contribution in [2.75, 3.05) is 26.3 Å². The van der Waals surface area contributed by atoms with Crippen molar-refractivity contribution in [1.82, 2.24) is 5.32 Å². The van der Waals surface area contributed by atoms with Crippen molar-refractivity contribution in [2.24, 2.45) is 16.6 Å². The number of hydrogen-bond donors (Lipinski definition) is 2. The minimum absolute atomic E-state index is 0.528. The zero-order chi connectivity index (χ0) is 13.9. The lowest BCUT2D eigenvalue weighted by molar-refractivity contribution is 0.109. The largest absolute Gasteiger partial charge is 0.381 e. The van der Waals surface area contributed by atoms with E-state index in [0.717, 1.165) is 39.1 Å². The number of hydrogen-bond acceptors (Lipinski definition) is 3. The van der Waals surface area contributed by atoms with Gasteiger partial charge in [0.25, 0.3) is 0 Å². The second-order valence-electron chi connectivity index (χ2n) is 4.85. The van der Waals surface area contributed by atoms with Crippen molar-refractivity contribution in [2.45, 2.75) is 26.7 Å². The summed E-state index contributed by atoms with van der Waals surface area (Å²) in [5.41, 5.74) is 5.78. The normalized spacial score (nSPS) is 12.1. The van der Waals surface area contributed by atoms with E-state index >= 15 is 0 Å². The third-order valence-electron chi connectivity index (χ3n) is 2.44. The average molecular weight is 283 g/mol. The van der Waals surface area contributed by atoms with Gasteiger partial charge in [-0.15, -0.1) is 11.3 Å². The molecule has 0 radical (unpaired) electrons. The summed E-state index contributed by atoms with van der Waals surface area (Å²) in [7, 11) is 0. The summed E-state index contributed by atoms with van der Waals surface area (Å²) in [4.78, 5) is 5.63. The molecular weight excluding hydrogens is 258 g/mol. The Balaban J connectivity index is 1.99. The molecular formula is C14H25N3OS. The Hall–Kier alpha value is -1.07. The van der Waals surface area contributed by atoms with Crippen LogP contribution in [0.25, 0.3) is 0 Å². The molecule has 0 aliphatic carbocycles. The minimum atomic E-state index is 0.528. The molecule has 19 heavy (non-hydrogen) atoms. The van der Waals surface area contributed by atoms with Crippen LogP contribution in [0, 0.1) is 5.92 Å². The maximum atomic E-state index is 5.78. The number of nitrogens with zero attached hydrogens (tertiary/aromatic N) is 1. The highest BCUT2D eigenvalue weighted by molar-refractivity contribution is 7.09. The van der Waals surface area contributed by atoms with Crippen LogP contribution in [0.1, 0.15) is 25.1 Å². The fourth-order valence-corrected chi connectivity index (χ4v) is 2.22. The van der Waals surface area contributed by atoms with E-state index in [4.69, 9.17) is 10.5 Å². The van der Waals surface area contributed by atoms with Gasteiger partial charge in [0, 0.05) is 31.2 Å². The molecule has 0 spiro atoms. The Kier molecular flexibility index (Phi) is 8.25. The lowest BCUT2D eigenvalue weighted by atomic mass is 10.2. The predicted molar refractivity (Wildman–Crippen MR) is 82.8 cm³/mol. The number of rotatable bonds is 9. The second kappa shape index (κ2) is 9.81. The summed E-state index contributed by atoms with van der Waals surface area (Å²) in [6.07, 6.45) is 1.91. The van der Waals surface area contributed by atoms with Gasteiger partial charge >= 0.3 is 0 Å². The molecule has 0 saturated carbocycles. The second-order valence-corrected chi connectivity index (χ2v) is 5.88. The highest BCUT2D eigenvalue weighted by atomic mass is 32.1. The first-order valence-corrected chi connectivity index (χ1v) is 7.70. The van der Waals surface area contributed by atoms with Crippen molar-refractivity contribution in [3.05, 3.63) is 22.4 Å². The topological polar surface area (TPSA) is 59.6 Å². The van der Waals surface area contributed by atoms with E-state index in [0.29, 0.717) is 11.9 Å². The molecule has 0 aromatic carbocycles. The van der Waals surface area contributed by atoms with Gasteiger partial charge < -0.3 is 15.8 Å². The molecule has 0 fully saturated rings. The molecule has 0 aliphatic rings. The molecule has 108 valence electrons. The summed E-state index contributed by atoms with van der Waals surface area (Å²) in [5, 5.41) is 5.21. The number of ether oxygens (including phenoxy) is 1. The molecule has 1 rings (SSSR count). The Morgan fingerprint density at radius 3 is 3.05 bits per heavy atom. The van der Waals surface area contributed by atoms with E-state index in [9.17, 15) is 0 Å². The molecule has 0 unspecified atom stereocenters. The van der Waals surface area contributed by atoms with Crippen LogP contribution in [0.3, 0.4) is 0 Å². The molecule has 0 saturated heterocycles. The minimum Gasteiger partial charge on any atom is -0.381 e. The molecule has 1 heterocycles. The van der Waals surface area contributed by atoms with Gasteiger partial charge in [0.2, 0.25) is 0 Å². The standard InChI is InChI=1S/C14H25N3OS/c1-12(2)11-18-9-4-7-16-14(15)17-8-6-13-5-3-10-19-13/h3,5,10,12H,4,6-9,11H2,1-2H3,(H3,15,16,17). The molecule has 0 atom stereocenters. The Morgan fingerprint density at radius 1 is 1.53 bits per heavy atom. The van der Waals surface area contributed by atoms with E-state index in [-0.39, 0.29) is 0 Å². The summed E-state index contributed by atoms with van der Waals surface area (Å²) in [6, 6.07) is 4.19.